The Bertz CT molecular complexity index is 1470. The molecule has 12 heteroatoms. The Hall–Kier alpha value is -2.83. The summed E-state index contributed by atoms with van der Waals surface area (Å²) in [6.07, 6.45) is -2.31. The molecule has 2 saturated heterocycles. The van der Waals surface area contributed by atoms with Crippen LogP contribution in [0.15, 0.2) is 11.8 Å². The van der Waals surface area contributed by atoms with E-state index in [1.807, 2.05) is 26.8 Å². The fourth-order valence-electron chi connectivity index (χ4n) is 11.8. The van der Waals surface area contributed by atoms with Gasteiger partial charge >= 0.3 is 23.9 Å². The van der Waals surface area contributed by atoms with Gasteiger partial charge in [-0.3, -0.25) is 19.2 Å². The van der Waals surface area contributed by atoms with Gasteiger partial charge in [0.2, 0.25) is 0 Å². The molecule has 46 heavy (non-hydrogen) atoms. The van der Waals surface area contributed by atoms with Crippen LogP contribution >= 0.6 is 0 Å². The molecule has 0 aromatic rings. The second-order valence-corrected chi connectivity index (χ2v) is 15.8. The molecule has 0 spiro atoms. The highest BCUT2D eigenvalue weighted by atomic mass is 16.6. The zero-order chi connectivity index (χ0) is 33.6. The smallest absolute Gasteiger partial charge is 0.343 e. The van der Waals surface area contributed by atoms with Crippen molar-refractivity contribution in [3.05, 3.63) is 11.8 Å². The van der Waals surface area contributed by atoms with E-state index in [0.717, 1.165) is 0 Å². The van der Waals surface area contributed by atoms with Gasteiger partial charge in [-0.2, -0.15) is 0 Å². The third-order valence-corrected chi connectivity index (χ3v) is 13.8. The first-order valence-electron chi connectivity index (χ1n) is 16.4. The molecule has 252 valence electrons. The maximum absolute atomic E-state index is 14.3. The number of Topliss-reactive ketones (excluding diaryl/α,β-unsaturated/α-hetero) is 1. The van der Waals surface area contributed by atoms with Crippen molar-refractivity contribution in [1.29, 1.82) is 0 Å². The lowest BCUT2D eigenvalue weighted by atomic mass is 9.42. The molecular weight excluding hydrogens is 600 g/mol. The Morgan fingerprint density at radius 1 is 0.891 bits per heavy atom. The summed E-state index contributed by atoms with van der Waals surface area (Å²) in [7, 11) is 0. The van der Waals surface area contributed by atoms with Gasteiger partial charge in [-0.15, -0.1) is 0 Å². The highest BCUT2D eigenvalue weighted by molar-refractivity contribution is 5.88. The Morgan fingerprint density at radius 3 is 2.13 bits per heavy atom. The molecule has 17 atom stereocenters. The molecule has 12 nitrogen and oxygen atoms in total. The number of hydrogen-bond donors (Lipinski definition) is 2. The summed E-state index contributed by atoms with van der Waals surface area (Å²) in [5.74, 6) is -6.84. The zero-order valence-electron chi connectivity index (χ0n) is 27.5. The van der Waals surface area contributed by atoms with Crippen molar-refractivity contribution in [2.24, 2.45) is 57.7 Å². The number of fused-ring (bicyclic) bond motifs is 10. The number of carbonyl (C=O) groups excluding carboxylic acids is 5. The maximum Gasteiger partial charge on any atom is 0.343 e. The number of aliphatic hydroxyl groups excluding tert-OH is 1. The molecule has 7 rings (SSSR count). The Kier molecular flexibility index (Phi) is 6.64. The van der Waals surface area contributed by atoms with Crippen molar-refractivity contribution in [3.63, 3.8) is 0 Å². The number of hydrogen-bond acceptors (Lipinski definition) is 12. The zero-order valence-corrected chi connectivity index (χ0v) is 27.5. The minimum absolute atomic E-state index is 0.242. The first kappa shape index (κ1) is 31.8. The number of epoxide rings is 1. The van der Waals surface area contributed by atoms with Gasteiger partial charge in [-0.25, -0.2) is 4.79 Å². The van der Waals surface area contributed by atoms with Crippen LogP contribution in [-0.2, 0) is 47.7 Å². The van der Waals surface area contributed by atoms with E-state index in [-0.39, 0.29) is 30.0 Å². The minimum Gasteiger partial charge on any atom is -0.462 e. The highest BCUT2D eigenvalue weighted by Crippen LogP contribution is 2.75. The number of ketones is 1. The SMILES string of the molecule is CC(=O)O[C@@H]1[C@H]2[C@@H]3[C@@H](O)C(=O)[C@H]4C[C@@H]5O[C@@H]5[C@H](OC(C)=O)[C@]4(C)[C@H]3C[C@H](OC(C)=O)[C@]2(C)[C@@H]2[C@H]1[C@]1(C)C(=C[C@H]2C)OC(=O)[C@@]1(C)O. The number of rotatable bonds is 3. The molecule has 0 amide bonds. The summed E-state index contributed by atoms with van der Waals surface area (Å²) >= 11 is 0. The molecule has 0 bridgehead atoms. The van der Waals surface area contributed by atoms with Crippen molar-refractivity contribution in [3.8, 4) is 0 Å². The highest BCUT2D eigenvalue weighted by Gasteiger charge is 2.81. The molecule has 2 heterocycles. The van der Waals surface area contributed by atoms with Crippen LogP contribution in [0.5, 0.6) is 0 Å². The maximum atomic E-state index is 14.3. The van der Waals surface area contributed by atoms with Crippen LogP contribution in [0.25, 0.3) is 0 Å². The van der Waals surface area contributed by atoms with Crippen LogP contribution in [0, 0.1) is 57.7 Å². The standard InChI is InChI=1S/C34H44O12/c1-12-9-20-33(7,34(8,41)30(40)46-20)24-22(12)32(6)19(42-13(2)35)11-16-21(23(32)28(24)43-14(3)36)26(39)25(38)17-10-18-27(45-18)29(31(16,17)5)44-15(4)37/h9,12,16-19,21-24,26-29,39,41H,10-11H2,1-8H3/t12-,16+,17-,18+,19+,21-,22+,23-,24-,26-,27+,28-,29+,31-,32-,33+,34-/m1/s1. The van der Waals surface area contributed by atoms with Crippen molar-refractivity contribution in [2.75, 3.05) is 0 Å². The van der Waals surface area contributed by atoms with Crippen LogP contribution < -0.4 is 0 Å². The molecule has 5 aliphatic carbocycles. The van der Waals surface area contributed by atoms with Crippen LogP contribution in [0.3, 0.4) is 0 Å². The Balaban J connectivity index is 1.46. The predicted molar refractivity (Wildman–Crippen MR) is 155 cm³/mol. The largest absolute Gasteiger partial charge is 0.462 e. The Morgan fingerprint density at radius 2 is 1.52 bits per heavy atom. The third kappa shape index (κ3) is 3.69. The third-order valence-electron chi connectivity index (χ3n) is 13.8. The summed E-state index contributed by atoms with van der Waals surface area (Å²) in [4.78, 5) is 65.7. The molecule has 6 fully saturated rings. The lowest BCUT2D eigenvalue weighted by Gasteiger charge is -2.63. The van der Waals surface area contributed by atoms with Gasteiger partial charge in [0, 0.05) is 55.3 Å². The van der Waals surface area contributed by atoms with E-state index in [9.17, 15) is 34.2 Å². The van der Waals surface area contributed by atoms with Gasteiger partial charge in [0.15, 0.2) is 11.4 Å². The van der Waals surface area contributed by atoms with Gasteiger partial charge in [-0.05, 0) is 50.5 Å². The van der Waals surface area contributed by atoms with Crippen molar-refractivity contribution >= 4 is 29.7 Å². The molecule has 0 aromatic heterocycles. The molecule has 0 aromatic carbocycles. The first-order valence-corrected chi connectivity index (χ1v) is 16.4. The van der Waals surface area contributed by atoms with E-state index in [1.54, 1.807) is 6.92 Å². The minimum atomic E-state index is -2.00. The number of ether oxygens (including phenoxy) is 5. The summed E-state index contributed by atoms with van der Waals surface area (Å²) in [5.41, 5.74) is -5.36. The summed E-state index contributed by atoms with van der Waals surface area (Å²) < 4.78 is 29.9. The molecule has 2 N–H and O–H groups in total. The summed E-state index contributed by atoms with van der Waals surface area (Å²) in [6.45, 7) is 12.8. The topological polar surface area (TPSA) is 175 Å². The van der Waals surface area contributed by atoms with Crippen molar-refractivity contribution in [1.82, 2.24) is 0 Å². The van der Waals surface area contributed by atoms with E-state index >= 15 is 0 Å². The van der Waals surface area contributed by atoms with Gasteiger partial charge in [0.25, 0.3) is 0 Å². The van der Waals surface area contributed by atoms with E-state index in [0.29, 0.717) is 6.42 Å². The van der Waals surface area contributed by atoms with Gasteiger partial charge in [0.05, 0.1) is 11.5 Å². The quantitative estimate of drug-likeness (QED) is 0.260. The predicted octanol–water partition coefficient (Wildman–Crippen LogP) is 1.87. The van der Waals surface area contributed by atoms with Crippen molar-refractivity contribution in [2.45, 2.75) is 110 Å². The lowest BCUT2D eigenvalue weighted by molar-refractivity contribution is -0.235. The van der Waals surface area contributed by atoms with E-state index < -0.39 is 112 Å². The average molecular weight is 645 g/mol. The fourth-order valence-corrected chi connectivity index (χ4v) is 11.8. The number of esters is 4. The summed E-state index contributed by atoms with van der Waals surface area (Å²) in [6, 6.07) is 0. The van der Waals surface area contributed by atoms with Crippen LogP contribution in [0.1, 0.15) is 68.2 Å². The first-order chi connectivity index (χ1) is 21.3. The number of aliphatic hydroxyl groups is 2. The van der Waals surface area contributed by atoms with Crippen LogP contribution in [0.2, 0.25) is 0 Å². The molecule has 0 unspecified atom stereocenters. The molecule has 0 radical (unpaired) electrons. The summed E-state index contributed by atoms with van der Waals surface area (Å²) in [5, 5.41) is 23.9. The van der Waals surface area contributed by atoms with E-state index in [2.05, 4.69) is 0 Å². The van der Waals surface area contributed by atoms with E-state index in [1.165, 1.54) is 27.7 Å². The number of carbonyl (C=O) groups is 5. The molecule has 4 saturated carbocycles. The second kappa shape index (κ2) is 9.63. The van der Waals surface area contributed by atoms with Gasteiger partial charge in [0.1, 0.15) is 36.3 Å². The molecular formula is C34H44O12. The Labute approximate surface area is 267 Å². The van der Waals surface area contributed by atoms with E-state index in [4.69, 9.17) is 23.7 Å². The fraction of sp³-hybridized carbons (Fsp3) is 0.794. The van der Waals surface area contributed by atoms with Gasteiger partial charge in [-0.1, -0.05) is 20.8 Å². The second-order valence-electron chi connectivity index (χ2n) is 15.8. The number of allylic oxidation sites excluding steroid dienone is 1. The molecule has 2 aliphatic heterocycles. The van der Waals surface area contributed by atoms with Gasteiger partial charge < -0.3 is 33.9 Å². The normalized spacial score (nSPS) is 54.4. The van der Waals surface area contributed by atoms with Crippen LogP contribution in [-0.4, -0.2) is 82.1 Å². The average Bonchev–Trinajstić information content (AvgIpc) is 3.63. The monoisotopic (exact) mass is 644 g/mol. The van der Waals surface area contributed by atoms with Crippen LogP contribution in [0.4, 0.5) is 0 Å². The van der Waals surface area contributed by atoms with Crippen molar-refractivity contribution < 1.29 is 57.9 Å². The molecule has 7 aliphatic rings. The lowest BCUT2D eigenvalue weighted by Crippen LogP contribution is -2.70.